The van der Waals surface area contributed by atoms with Gasteiger partial charge in [0.15, 0.2) is 0 Å². The van der Waals surface area contributed by atoms with E-state index in [1.807, 2.05) is 0 Å². The van der Waals surface area contributed by atoms with Crippen LogP contribution in [0.1, 0.15) is 50.6 Å². The van der Waals surface area contributed by atoms with Gasteiger partial charge < -0.3 is 9.88 Å². The van der Waals surface area contributed by atoms with Crippen molar-refractivity contribution >= 4 is 0 Å². The molecule has 0 bridgehead atoms. The lowest BCUT2D eigenvalue weighted by atomic mass is 9.95. The van der Waals surface area contributed by atoms with Crippen LogP contribution in [0.3, 0.4) is 0 Å². The van der Waals surface area contributed by atoms with Crippen molar-refractivity contribution in [2.75, 3.05) is 0 Å². The van der Waals surface area contributed by atoms with Gasteiger partial charge in [0, 0.05) is 29.2 Å². The highest BCUT2D eigenvalue weighted by atomic mass is 15.0. The van der Waals surface area contributed by atoms with E-state index in [-0.39, 0.29) is 5.54 Å². The SMILES string of the molecule is CCC(C)(CC)NCc1cc(C)n(-c2ccccc2)c1C. The first-order chi connectivity index (χ1) is 10.0. The Bertz CT molecular complexity index is 577. The monoisotopic (exact) mass is 284 g/mol. The van der Waals surface area contributed by atoms with Crippen LogP contribution in [0.2, 0.25) is 0 Å². The molecule has 0 spiro atoms. The minimum Gasteiger partial charge on any atom is -0.318 e. The molecule has 0 radical (unpaired) electrons. The van der Waals surface area contributed by atoms with E-state index >= 15 is 0 Å². The average molecular weight is 284 g/mol. The number of rotatable bonds is 6. The molecule has 114 valence electrons. The van der Waals surface area contributed by atoms with E-state index in [1.165, 1.54) is 22.6 Å². The van der Waals surface area contributed by atoms with Crippen molar-refractivity contribution in [2.45, 2.75) is 59.5 Å². The number of hydrogen-bond donors (Lipinski definition) is 1. The molecule has 1 heterocycles. The van der Waals surface area contributed by atoms with Crippen LogP contribution in [0, 0.1) is 13.8 Å². The Morgan fingerprint density at radius 3 is 2.24 bits per heavy atom. The molecule has 0 saturated heterocycles. The Morgan fingerprint density at radius 2 is 1.67 bits per heavy atom. The first-order valence-electron chi connectivity index (χ1n) is 7.99. The summed E-state index contributed by atoms with van der Waals surface area (Å²) in [7, 11) is 0. The van der Waals surface area contributed by atoms with Gasteiger partial charge >= 0.3 is 0 Å². The maximum Gasteiger partial charge on any atom is 0.0455 e. The number of aromatic nitrogens is 1. The van der Waals surface area contributed by atoms with Gasteiger partial charge in [-0.05, 0) is 57.4 Å². The van der Waals surface area contributed by atoms with Gasteiger partial charge in [-0.25, -0.2) is 0 Å². The zero-order valence-corrected chi connectivity index (χ0v) is 14.0. The van der Waals surface area contributed by atoms with Crippen LogP contribution >= 0.6 is 0 Å². The number of para-hydroxylation sites is 1. The van der Waals surface area contributed by atoms with Crippen LogP contribution in [-0.4, -0.2) is 10.1 Å². The van der Waals surface area contributed by atoms with E-state index in [2.05, 4.69) is 80.9 Å². The van der Waals surface area contributed by atoms with Crippen LogP contribution in [0.15, 0.2) is 36.4 Å². The second-order valence-electron chi connectivity index (χ2n) is 6.19. The largest absolute Gasteiger partial charge is 0.318 e. The van der Waals surface area contributed by atoms with Crippen LogP contribution in [0.25, 0.3) is 5.69 Å². The van der Waals surface area contributed by atoms with E-state index < -0.39 is 0 Å². The minimum atomic E-state index is 0.231. The Labute approximate surface area is 129 Å². The van der Waals surface area contributed by atoms with Crippen molar-refractivity contribution in [1.82, 2.24) is 9.88 Å². The fourth-order valence-corrected chi connectivity index (χ4v) is 2.79. The van der Waals surface area contributed by atoms with E-state index in [0.29, 0.717) is 0 Å². The molecule has 0 fully saturated rings. The van der Waals surface area contributed by atoms with Gasteiger partial charge in [0.1, 0.15) is 0 Å². The topological polar surface area (TPSA) is 17.0 Å². The number of benzene rings is 1. The summed E-state index contributed by atoms with van der Waals surface area (Å²) < 4.78 is 2.34. The normalized spacial score (nSPS) is 11.9. The van der Waals surface area contributed by atoms with E-state index in [0.717, 1.165) is 19.4 Å². The minimum absolute atomic E-state index is 0.231. The van der Waals surface area contributed by atoms with E-state index in [1.54, 1.807) is 0 Å². The summed E-state index contributed by atoms with van der Waals surface area (Å²) in [5.41, 5.74) is 5.50. The molecule has 0 aliphatic carbocycles. The van der Waals surface area contributed by atoms with Crippen molar-refractivity contribution in [2.24, 2.45) is 0 Å². The quantitative estimate of drug-likeness (QED) is 0.809. The molecular formula is C19H28N2. The fraction of sp³-hybridized carbons (Fsp3) is 0.474. The molecule has 2 aromatic rings. The van der Waals surface area contributed by atoms with Crippen LogP contribution in [-0.2, 0) is 6.54 Å². The van der Waals surface area contributed by atoms with Gasteiger partial charge in [-0.1, -0.05) is 32.0 Å². The van der Waals surface area contributed by atoms with Gasteiger partial charge in [0.2, 0.25) is 0 Å². The van der Waals surface area contributed by atoms with Crippen LogP contribution < -0.4 is 5.32 Å². The molecule has 0 amide bonds. The zero-order chi connectivity index (χ0) is 15.5. The van der Waals surface area contributed by atoms with Gasteiger partial charge in [-0.2, -0.15) is 0 Å². The lowest BCUT2D eigenvalue weighted by molar-refractivity contribution is 0.329. The van der Waals surface area contributed by atoms with Crippen molar-refractivity contribution in [3.05, 3.63) is 53.3 Å². The maximum absolute atomic E-state index is 3.73. The van der Waals surface area contributed by atoms with Crippen molar-refractivity contribution < 1.29 is 0 Å². The molecule has 2 rings (SSSR count). The number of hydrogen-bond acceptors (Lipinski definition) is 1. The summed E-state index contributed by atoms with van der Waals surface area (Å²) in [6.45, 7) is 12.1. The summed E-state index contributed by atoms with van der Waals surface area (Å²) in [6, 6.07) is 12.9. The van der Waals surface area contributed by atoms with Gasteiger partial charge in [0.25, 0.3) is 0 Å². The molecule has 2 heteroatoms. The third kappa shape index (κ3) is 3.38. The van der Waals surface area contributed by atoms with E-state index in [9.17, 15) is 0 Å². The first kappa shape index (κ1) is 15.8. The first-order valence-corrected chi connectivity index (χ1v) is 7.99. The molecule has 1 aromatic heterocycles. The maximum atomic E-state index is 3.73. The second-order valence-corrected chi connectivity index (χ2v) is 6.19. The highest BCUT2D eigenvalue weighted by molar-refractivity contribution is 5.40. The third-order valence-electron chi connectivity index (χ3n) is 4.82. The second kappa shape index (κ2) is 6.48. The van der Waals surface area contributed by atoms with Crippen LogP contribution in [0.5, 0.6) is 0 Å². The number of nitrogens with one attached hydrogen (secondary N) is 1. The van der Waals surface area contributed by atoms with E-state index in [4.69, 9.17) is 0 Å². The standard InChI is InChI=1S/C19H28N2/c1-6-19(5,7-2)20-14-17-13-15(3)21(16(17)4)18-11-9-8-10-12-18/h8-13,20H,6-7,14H2,1-5H3. The van der Waals surface area contributed by atoms with Crippen molar-refractivity contribution in [1.29, 1.82) is 0 Å². The summed E-state index contributed by atoms with van der Waals surface area (Å²) in [5.74, 6) is 0. The number of nitrogens with zero attached hydrogens (tertiary/aromatic N) is 1. The summed E-state index contributed by atoms with van der Waals surface area (Å²) >= 11 is 0. The Morgan fingerprint density at radius 1 is 1.05 bits per heavy atom. The Balaban J connectivity index is 2.24. The fourth-order valence-electron chi connectivity index (χ4n) is 2.79. The smallest absolute Gasteiger partial charge is 0.0455 e. The molecule has 2 nitrogen and oxygen atoms in total. The van der Waals surface area contributed by atoms with Gasteiger partial charge in [-0.3, -0.25) is 0 Å². The summed E-state index contributed by atoms with van der Waals surface area (Å²) in [6.07, 6.45) is 2.31. The highest BCUT2D eigenvalue weighted by Gasteiger charge is 2.19. The van der Waals surface area contributed by atoms with Gasteiger partial charge in [-0.15, -0.1) is 0 Å². The average Bonchev–Trinajstić information content (AvgIpc) is 2.80. The lowest BCUT2D eigenvalue weighted by Gasteiger charge is -2.28. The molecule has 1 aromatic carbocycles. The van der Waals surface area contributed by atoms with Crippen LogP contribution in [0.4, 0.5) is 0 Å². The molecule has 21 heavy (non-hydrogen) atoms. The Hall–Kier alpha value is -1.54. The predicted molar refractivity (Wildman–Crippen MR) is 91.1 cm³/mol. The van der Waals surface area contributed by atoms with Crippen molar-refractivity contribution in [3.63, 3.8) is 0 Å². The summed E-state index contributed by atoms with van der Waals surface area (Å²) in [5, 5.41) is 3.73. The molecular weight excluding hydrogens is 256 g/mol. The molecule has 1 N–H and O–H groups in total. The zero-order valence-electron chi connectivity index (χ0n) is 14.0. The molecule has 0 aliphatic rings. The lowest BCUT2D eigenvalue weighted by Crippen LogP contribution is -2.40. The molecule has 0 atom stereocenters. The predicted octanol–water partition coefficient (Wildman–Crippen LogP) is 4.76. The molecule has 0 unspecified atom stereocenters. The van der Waals surface area contributed by atoms with Gasteiger partial charge in [0.05, 0.1) is 0 Å². The molecule has 0 aliphatic heterocycles. The van der Waals surface area contributed by atoms with Crippen molar-refractivity contribution in [3.8, 4) is 5.69 Å². The summed E-state index contributed by atoms with van der Waals surface area (Å²) in [4.78, 5) is 0. The molecule has 0 saturated carbocycles. The highest BCUT2D eigenvalue weighted by Crippen LogP contribution is 2.22. The Kier molecular flexibility index (Phi) is 4.89. The third-order valence-corrected chi connectivity index (χ3v) is 4.82. The number of aryl methyl sites for hydroxylation is 1.